The van der Waals surface area contributed by atoms with Crippen LogP contribution in [0.25, 0.3) is 0 Å². The van der Waals surface area contributed by atoms with Gasteiger partial charge in [-0.2, -0.15) is 0 Å². The van der Waals surface area contributed by atoms with Crippen molar-refractivity contribution in [1.82, 2.24) is 9.88 Å². The number of aryl methyl sites for hydroxylation is 1. The smallest absolute Gasteiger partial charge is 0.328 e. The Morgan fingerprint density at radius 1 is 1.00 bits per heavy atom. The molecule has 8 nitrogen and oxygen atoms in total. The Balaban J connectivity index is 1.92. The summed E-state index contributed by atoms with van der Waals surface area (Å²) in [5.74, 6) is -0.807. The van der Waals surface area contributed by atoms with E-state index in [9.17, 15) is 18.0 Å². The van der Waals surface area contributed by atoms with Gasteiger partial charge in [0, 0.05) is 17.7 Å². The summed E-state index contributed by atoms with van der Waals surface area (Å²) < 4.78 is 37.8. The number of hydrogen-bond acceptors (Lipinski definition) is 6. The minimum Gasteiger partial charge on any atom is -0.477 e. The van der Waals surface area contributed by atoms with E-state index in [1.54, 1.807) is 43.3 Å². The Morgan fingerprint density at radius 2 is 1.67 bits per heavy atom. The van der Waals surface area contributed by atoms with Gasteiger partial charge in [0.25, 0.3) is 5.91 Å². The highest BCUT2D eigenvalue weighted by Gasteiger charge is 2.35. The second-order valence-corrected chi connectivity index (χ2v) is 11.5. The number of sulfone groups is 1. The molecule has 0 bridgehead atoms. The van der Waals surface area contributed by atoms with Crippen molar-refractivity contribution in [3.63, 3.8) is 0 Å². The number of nitrogens with zero attached hydrogens (tertiary/aromatic N) is 1. The van der Waals surface area contributed by atoms with E-state index >= 15 is 0 Å². The van der Waals surface area contributed by atoms with Gasteiger partial charge in [-0.1, -0.05) is 44.2 Å². The summed E-state index contributed by atoms with van der Waals surface area (Å²) in [5.41, 5.74) is 2.93. The molecule has 1 atom stereocenters. The monoisotopic (exact) mass is 554 g/mol. The molecule has 39 heavy (non-hydrogen) atoms. The molecule has 210 valence electrons. The van der Waals surface area contributed by atoms with Gasteiger partial charge in [0.05, 0.1) is 12.0 Å². The highest BCUT2D eigenvalue weighted by Crippen LogP contribution is 2.41. The van der Waals surface area contributed by atoms with E-state index in [0.29, 0.717) is 18.0 Å². The molecule has 3 aromatic rings. The molecule has 0 radical (unpaired) electrons. The fourth-order valence-electron chi connectivity index (χ4n) is 5.04. The fourth-order valence-corrected chi connectivity index (χ4v) is 6.04. The highest BCUT2D eigenvalue weighted by atomic mass is 32.2. The minimum absolute atomic E-state index is 0.219. The fraction of sp³-hybridized carbons (Fsp3) is 0.400. The summed E-state index contributed by atoms with van der Waals surface area (Å²) in [6.45, 7) is 10.3. The molecular formula is C30H38N2O6S. The van der Waals surface area contributed by atoms with E-state index in [2.05, 4.69) is 19.2 Å². The maximum atomic E-state index is 13.1. The first-order chi connectivity index (χ1) is 18.5. The van der Waals surface area contributed by atoms with Crippen molar-refractivity contribution in [3.8, 4) is 5.75 Å². The molecule has 1 aromatic heterocycles. The number of methoxy groups -OCH3 is 1. The first kappa shape index (κ1) is 30.0. The predicted molar refractivity (Wildman–Crippen MR) is 151 cm³/mol. The summed E-state index contributed by atoms with van der Waals surface area (Å²) in [7, 11) is -2.30. The van der Waals surface area contributed by atoms with E-state index in [1.807, 2.05) is 42.7 Å². The molecule has 0 spiro atoms. The van der Waals surface area contributed by atoms with Crippen molar-refractivity contribution < 1.29 is 27.5 Å². The van der Waals surface area contributed by atoms with Crippen LogP contribution in [0, 0.1) is 6.92 Å². The van der Waals surface area contributed by atoms with Crippen LogP contribution in [0.4, 0.5) is 0 Å². The molecular weight excluding hydrogens is 516 g/mol. The Morgan fingerprint density at radius 3 is 2.23 bits per heavy atom. The summed E-state index contributed by atoms with van der Waals surface area (Å²) >= 11 is 0. The van der Waals surface area contributed by atoms with Crippen molar-refractivity contribution in [2.45, 2.75) is 70.4 Å². The number of hydrogen-bond donors (Lipinski definition) is 1. The quantitative estimate of drug-likeness (QED) is 0.315. The number of benzene rings is 2. The third-order valence-electron chi connectivity index (χ3n) is 7.33. The SMILES string of the molecule is CCn1c(C(=O)N[C@@H](C)C(=O)OC)ccc1C(CC)(CC)c1ccc(OCS(=O)(=O)c2ccccc2)c(C)c1. The molecule has 0 saturated carbocycles. The number of carbonyl (C=O) groups is 2. The first-order valence-corrected chi connectivity index (χ1v) is 14.8. The van der Waals surface area contributed by atoms with Crippen LogP contribution in [-0.4, -0.2) is 44.0 Å². The Bertz CT molecular complexity index is 1410. The van der Waals surface area contributed by atoms with Crippen LogP contribution in [0.1, 0.15) is 67.8 Å². The first-order valence-electron chi connectivity index (χ1n) is 13.1. The van der Waals surface area contributed by atoms with E-state index in [0.717, 1.165) is 29.7 Å². The minimum atomic E-state index is -3.59. The summed E-state index contributed by atoms with van der Waals surface area (Å²) in [6.07, 6.45) is 1.55. The molecule has 0 unspecified atom stereocenters. The van der Waals surface area contributed by atoms with Gasteiger partial charge < -0.3 is 19.4 Å². The molecule has 1 heterocycles. The predicted octanol–water partition coefficient (Wildman–Crippen LogP) is 5.02. The molecule has 2 aromatic carbocycles. The lowest BCUT2D eigenvalue weighted by atomic mass is 9.72. The van der Waals surface area contributed by atoms with Gasteiger partial charge >= 0.3 is 5.97 Å². The number of ether oxygens (including phenoxy) is 2. The van der Waals surface area contributed by atoms with Crippen molar-refractivity contribution >= 4 is 21.7 Å². The van der Waals surface area contributed by atoms with Gasteiger partial charge in [-0.15, -0.1) is 0 Å². The number of nitrogens with one attached hydrogen (secondary N) is 1. The van der Waals surface area contributed by atoms with Gasteiger partial charge in [-0.3, -0.25) is 4.79 Å². The molecule has 0 fully saturated rings. The molecule has 0 aliphatic rings. The standard InChI is InChI=1S/C30H38N2O6S/c1-7-30(8-2,27-18-16-25(32(27)9-3)28(33)31-22(5)29(34)37-6)23-15-17-26(21(4)19-23)38-20-39(35,36)24-13-11-10-12-14-24/h10-19,22H,7-9,20H2,1-6H3,(H,31,33)/t22-/m0/s1. The lowest BCUT2D eigenvalue weighted by molar-refractivity contribution is -0.142. The van der Waals surface area contributed by atoms with Crippen molar-refractivity contribution in [1.29, 1.82) is 0 Å². The Hall–Kier alpha value is -3.59. The zero-order valence-electron chi connectivity index (χ0n) is 23.5. The molecule has 1 N–H and O–H groups in total. The largest absolute Gasteiger partial charge is 0.477 e. The Labute approximate surface area is 231 Å². The maximum absolute atomic E-state index is 13.1. The molecule has 1 amide bonds. The van der Waals surface area contributed by atoms with Crippen LogP contribution in [-0.2, 0) is 31.3 Å². The van der Waals surface area contributed by atoms with E-state index in [-0.39, 0.29) is 10.8 Å². The summed E-state index contributed by atoms with van der Waals surface area (Å²) in [6, 6.07) is 17.1. The lowest BCUT2D eigenvalue weighted by Gasteiger charge is -2.34. The molecule has 3 rings (SSSR count). The number of esters is 1. The average Bonchev–Trinajstić information content (AvgIpc) is 3.38. The number of amides is 1. The van der Waals surface area contributed by atoms with Crippen molar-refractivity contribution in [3.05, 3.63) is 83.2 Å². The van der Waals surface area contributed by atoms with Gasteiger partial charge in [0.15, 0.2) is 5.94 Å². The zero-order valence-corrected chi connectivity index (χ0v) is 24.3. The molecule has 0 aliphatic heterocycles. The van der Waals surface area contributed by atoms with Crippen LogP contribution in [0.2, 0.25) is 0 Å². The van der Waals surface area contributed by atoms with Crippen LogP contribution in [0.15, 0.2) is 65.6 Å². The van der Waals surface area contributed by atoms with Crippen LogP contribution < -0.4 is 10.1 Å². The third-order valence-corrected chi connectivity index (χ3v) is 8.75. The van der Waals surface area contributed by atoms with E-state index in [1.165, 1.54) is 7.11 Å². The van der Waals surface area contributed by atoms with Gasteiger partial charge in [-0.25, -0.2) is 13.2 Å². The lowest BCUT2D eigenvalue weighted by Crippen LogP contribution is -2.40. The summed E-state index contributed by atoms with van der Waals surface area (Å²) in [5, 5.41) is 2.72. The second-order valence-electron chi connectivity index (χ2n) is 9.53. The van der Waals surface area contributed by atoms with Crippen LogP contribution in [0.5, 0.6) is 5.75 Å². The van der Waals surface area contributed by atoms with E-state index in [4.69, 9.17) is 9.47 Å². The highest BCUT2D eigenvalue weighted by molar-refractivity contribution is 7.91. The Kier molecular flexibility index (Phi) is 9.61. The number of aromatic nitrogens is 1. The topological polar surface area (TPSA) is 104 Å². The second kappa shape index (κ2) is 12.5. The third kappa shape index (κ3) is 6.19. The number of carbonyl (C=O) groups excluding carboxylic acids is 2. The van der Waals surface area contributed by atoms with Gasteiger partial charge in [0.2, 0.25) is 9.84 Å². The normalized spacial score (nSPS) is 12.6. The molecule has 9 heteroatoms. The summed E-state index contributed by atoms with van der Waals surface area (Å²) in [4.78, 5) is 25.1. The van der Waals surface area contributed by atoms with Crippen LogP contribution in [0.3, 0.4) is 0 Å². The molecule has 0 aliphatic carbocycles. The number of rotatable bonds is 12. The van der Waals surface area contributed by atoms with Crippen molar-refractivity contribution in [2.24, 2.45) is 0 Å². The van der Waals surface area contributed by atoms with Crippen molar-refractivity contribution in [2.75, 3.05) is 13.0 Å². The van der Waals surface area contributed by atoms with Gasteiger partial charge in [-0.05, 0) is 75.1 Å². The zero-order chi connectivity index (χ0) is 28.8. The maximum Gasteiger partial charge on any atom is 0.328 e. The van der Waals surface area contributed by atoms with Crippen LogP contribution >= 0.6 is 0 Å². The van der Waals surface area contributed by atoms with E-state index < -0.39 is 33.2 Å². The average molecular weight is 555 g/mol. The molecule has 0 saturated heterocycles. The van der Waals surface area contributed by atoms with Gasteiger partial charge in [0.1, 0.15) is 17.5 Å².